The molecule has 22 heavy (non-hydrogen) atoms. The molecular formula is C12H16Cl3N5OS. The van der Waals surface area contributed by atoms with Crippen LogP contribution in [0.5, 0.6) is 0 Å². The first-order valence-corrected chi connectivity index (χ1v) is 7.20. The van der Waals surface area contributed by atoms with E-state index in [0.717, 1.165) is 10.6 Å². The van der Waals surface area contributed by atoms with Gasteiger partial charge in [0.1, 0.15) is 10.2 Å². The van der Waals surface area contributed by atoms with Gasteiger partial charge in [-0.3, -0.25) is 4.79 Å². The Morgan fingerprint density at radius 3 is 2.59 bits per heavy atom. The van der Waals surface area contributed by atoms with Gasteiger partial charge in [-0.15, -0.1) is 36.2 Å². The standard InChI is InChI=1S/C12H14ClN5OS.2ClH/c1-7-4-15-8(16-5-7)6-17-12(19)10-11(13)20-9(18-10)2-3-14;;/h4-5H,2-3,6,14H2,1H3,(H,17,19);2*1H. The summed E-state index contributed by atoms with van der Waals surface area (Å²) < 4.78 is 0.371. The number of nitrogens with two attached hydrogens (primary N) is 1. The maximum atomic E-state index is 12.0. The number of hydrogen-bond donors (Lipinski definition) is 2. The summed E-state index contributed by atoms with van der Waals surface area (Å²) in [6, 6.07) is 0. The Kier molecular flexibility index (Phi) is 9.47. The first kappa shape index (κ1) is 21.0. The number of thiazole rings is 1. The van der Waals surface area contributed by atoms with Gasteiger partial charge in [-0.05, 0) is 19.0 Å². The molecule has 0 atom stereocenters. The number of rotatable bonds is 5. The summed E-state index contributed by atoms with van der Waals surface area (Å²) in [6.45, 7) is 2.61. The molecule has 0 aliphatic carbocycles. The van der Waals surface area contributed by atoms with Crippen molar-refractivity contribution in [1.29, 1.82) is 0 Å². The van der Waals surface area contributed by atoms with Crippen molar-refractivity contribution in [2.45, 2.75) is 19.9 Å². The van der Waals surface area contributed by atoms with E-state index in [-0.39, 0.29) is 43.0 Å². The van der Waals surface area contributed by atoms with Crippen molar-refractivity contribution in [1.82, 2.24) is 20.3 Å². The van der Waals surface area contributed by atoms with Gasteiger partial charge in [0.15, 0.2) is 5.69 Å². The summed E-state index contributed by atoms with van der Waals surface area (Å²) in [5, 5.41) is 3.45. The molecule has 0 unspecified atom stereocenters. The van der Waals surface area contributed by atoms with Gasteiger partial charge in [-0.2, -0.15) is 0 Å². The van der Waals surface area contributed by atoms with Gasteiger partial charge < -0.3 is 11.1 Å². The van der Waals surface area contributed by atoms with Gasteiger partial charge in [0, 0.05) is 18.8 Å². The maximum Gasteiger partial charge on any atom is 0.272 e. The molecule has 0 saturated carbocycles. The fourth-order valence-corrected chi connectivity index (χ4v) is 2.66. The average molecular weight is 385 g/mol. The molecule has 0 aliphatic heterocycles. The number of nitrogens with one attached hydrogen (secondary N) is 1. The predicted octanol–water partition coefficient (Wildman–Crippen LogP) is 2.17. The number of halogens is 3. The van der Waals surface area contributed by atoms with Crippen molar-refractivity contribution in [2.75, 3.05) is 6.54 Å². The van der Waals surface area contributed by atoms with Crippen molar-refractivity contribution < 1.29 is 4.79 Å². The Balaban J connectivity index is 0.00000220. The van der Waals surface area contributed by atoms with Crippen molar-refractivity contribution in [3.8, 4) is 0 Å². The number of hydrogen-bond acceptors (Lipinski definition) is 6. The SMILES string of the molecule is Cc1cnc(CNC(=O)c2nc(CCN)sc2Cl)nc1.Cl.Cl. The summed E-state index contributed by atoms with van der Waals surface area (Å²) in [7, 11) is 0. The van der Waals surface area contributed by atoms with Crippen LogP contribution in [0.4, 0.5) is 0 Å². The molecule has 0 aromatic carbocycles. The second-order valence-corrected chi connectivity index (χ2v) is 5.81. The van der Waals surface area contributed by atoms with Gasteiger partial charge in [-0.1, -0.05) is 11.6 Å². The highest BCUT2D eigenvalue weighted by atomic mass is 35.5. The highest BCUT2D eigenvalue weighted by Gasteiger charge is 2.16. The number of aromatic nitrogens is 3. The lowest BCUT2D eigenvalue weighted by Crippen LogP contribution is -2.24. The van der Waals surface area contributed by atoms with Gasteiger partial charge in [0.2, 0.25) is 0 Å². The fourth-order valence-electron chi connectivity index (χ4n) is 1.47. The first-order chi connectivity index (χ1) is 9.60. The molecule has 0 saturated heterocycles. The fraction of sp³-hybridized carbons (Fsp3) is 0.333. The third-order valence-corrected chi connectivity index (χ3v) is 3.76. The van der Waals surface area contributed by atoms with E-state index in [1.807, 2.05) is 6.92 Å². The van der Waals surface area contributed by atoms with E-state index < -0.39 is 0 Å². The van der Waals surface area contributed by atoms with Crippen LogP contribution in [-0.2, 0) is 13.0 Å². The van der Waals surface area contributed by atoms with E-state index in [9.17, 15) is 4.79 Å². The summed E-state index contributed by atoms with van der Waals surface area (Å²) in [5.74, 6) is 0.205. The molecule has 2 rings (SSSR count). The van der Waals surface area contributed by atoms with E-state index in [1.54, 1.807) is 12.4 Å². The lowest BCUT2D eigenvalue weighted by Gasteiger charge is -2.02. The average Bonchev–Trinajstić information content (AvgIpc) is 2.79. The zero-order valence-electron chi connectivity index (χ0n) is 11.7. The number of carbonyl (C=O) groups excluding carboxylic acids is 1. The van der Waals surface area contributed by atoms with Crippen LogP contribution in [0.2, 0.25) is 4.34 Å². The molecule has 122 valence electrons. The third-order valence-electron chi connectivity index (χ3n) is 2.44. The second kappa shape index (κ2) is 9.91. The smallest absolute Gasteiger partial charge is 0.272 e. The zero-order chi connectivity index (χ0) is 14.5. The molecule has 0 aliphatic rings. The van der Waals surface area contributed by atoms with Crippen LogP contribution in [0.1, 0.15) is 26.9 Å². The van der Waals surface area contributed by atoms with Gasteiger partial charge in [-0.25, -0.2) is 15.0 Å². The van der Waals surface area contributed by atoms with Crippen LogP contribution in [-0.4, -0.2) is 27.4 Å². The molecule has 0 bridgehead atoms. The van der Waals surface area contributed by atoms with Gasteiger partial charge >= 0.3 is 0 Å². The number of aryl methyl sites for hydroxylation is 1. The molecule has 2 aromatic rings. The highest BCUT2D eigenvalue weighted by molar-refractivity contribution is 7.16. The van der Waals surface area contributed by atoms with Crippen LogP contribution in [0.15, 0.2) is 12.4 Å². The van der Waals surface area contributed by atoms with E-state index in [4.69, 9.17) is 17.3 Å². The van der Waals surface area contributed by atoms with Crippen molar-refractivity contribution >= 4 is 53.7 Å². The Hall–Kier alpha value is -0.990. The lowest BCUT2D eigenvalue weighted by molar-refractivity contribution is 0.0945. The van der Waals surface area contributed by atoms with Crippen molar-refractivity contribution in [2.24, 2.45) is 5.73 Å². The molecule has 2 heterocycles. The van der Waals surface area contributed by atoms with Gasteiger partial charge in [0.05, 0.1) is 11.6 Å². The Morgan fingerprint density at radius 1 is 1.36 bits per heavy atom. The summed E-state index contributed by atoms with van der Waals surface area (Å²) >= 11 is 7.27. The molecule has 0 radical (unpaired) electrons. The first-order valence-electron chi connectivity index (χ1n) is 6.01. The number of nitrogens with zero attached hydrogens (tertiary/aromatic N) is 3. The van der Waals surface area contributed by atoms with Crippen molar-refractivity contribution in [3.63, 3.8) is 0 Å². The maximum absolute atomic E-state index is 12.0. The van der Waals surface area contributed by atoms with Crippen LogP contribution >= 0.6 is 47.8 Å². The minimum Gasteiger partial charge on any atom is -0.343 e. The minimum atomic E-state index is -0.335. The topological polar surface area (TPSA) is 93.8 Å². The predicted molar refractivity (Wildman–Crippen MR) is 92.3 cm³/mol. The molecular weight excluding hydrogens is 369 g/mol. The highest BCUT2D eigenvalue weighted by Crippen LogP contribution is 2.24. The van der Waals surface area contributed by atoms with Gasteiger partial charge in [0.25, 0.3) is 5.91 Å². The largest absolute Gasteiger partial charge is 0.343 e. The Labute approximate surface area is 149 Å². The lowest BCUT2D eigenvalue weighted by atomic mass is 10.4. The van der Waals surface area contributed by atoms with E-state index >= 15 is 0 Å². The minimum absolute atomic E-state index is 0. The van der Waals surface area contributed by atoms with Crippen LogP contribution in [0.3, 0.4) is 0 Å². The van der Waals surface area contributed by atoms with Crippen LogP contribution < -0.4 is 11.1 Å². The Bertz CT molecular complexity index is 605. The van der Waals surface area contributed by atoms with E-state index in [0.29, 0.717) is 23.1 Å². The quantitative estimate of drug-likeness (QED) is 0.824. The van der Waals surface area contributed by atoms with Crippen LogP contribution in [0.25, 0.3) is 0 Å². The molecule has 2 aromatic heterocycles. The normalized spacial score (nSPS) is 9.59. The van der Waals surface area contributed by atoms with Crippen molar-refractivity contribution in [3.05, 3.63) is 38.8 Å². The summed E-state index contributed by atoms with van der Waals surface area (Å²) in [5.41, 5.74) is 6.64. The molecule has 0 spiro atoms. The second-order valence-electron chi connectivity index (χ2n) is 4.13. The summed E-state index contributed by atoms with van der Waals surface area (Å²) in [6.07, 6.45) is 4.01. The zero-order valence-corrected chi connectivity index (χ0v) is 14.9. The summed E-state index contributed by atoms with van der Waals surface area (Å²) in [4.78, 5) is 24.4. The monoisotopic (exact) mass is 383 g/mol. The van der Waals surface area contributed by atoms with E-state index in [2.05, 4.69) is 20.3 Å². The Morgan fingerprint density at radius 2 is 2.00 bits per heavy atom. The van der Waals surface area contributed by atoms with Crippen LogP contribution in [0, 0.1) is 6.92 Å². The third kappa shape index (κ3) is 5.66. The molecule has 1 amide bonds. The van der Waals surface area contributed by atoms with E-state index in [1.165, 1.54) is 11.3 Å². The molecule has 0 fully saturated rings. The molecule has 3 N–H and O–H groups in total. The molecule has 6 nitrogen and oxygen atoms in total. The number of carbonyl (C=O) groups is 1. The number of amides is 1. The molecule has 10 heteroatoms.